The number of aliphatic hydroxyl groups is 1. The van der Waals surface area contributed by atoms with Gasteiger partial charge in [-0.2, -0.15) is 0 Å². The summed E-state index contributed by atoms with van der Waals surface area (Å²) in [6.45, 7) is 11.7. The molecular formula is C18H31NO2. The highest BCUT2D eigenvalue weighted by Gasteiger charge is 2.14. The van der Waals surface area contributed by atoms with Crippen LogP contribution in [0.3, 0.4) is 0 Å². The Labute approximate surface area is 129 Å². The van der Waals surface area contributed by atoms with E-state index in [0.29, 0.717) is 11.8 Å². The zero-order valence-corrected chi connectivity index (χ0v) is 14.1. The molecule has 0 saturated carbocycles. The molecule has 1 rings (SSSR count). The number of rotatable bonds is 9. The fraction of sp³-hybridized carbons (Fsp3) is 0.667. The summed E-state index contributed by atoms with van der Waals surface area (Å²) < 4.78 is 5.70. The quantitative estimate of drug-likeness (QED) is 0.728. The summed E-state index contributed by atoms with van der Waals surface area (Å²) in [7, 11) is 0. The molecule has 0 radical (unpaired) electrons. The number of hydrogen-bond donors (Lipinski definition) is 2. The lowest BCUT2D eigenvalue weighted by Gasteiger charge is -2.23. The Morgan fingerprint density at radius 1 is 1.00 bits per heavy atom. The van der Waals surface area contributed by atoms with E-state index in [1.165, 1.54) is 5.56 Å². The first-order valence-electron chi connectivity index (χ1n) is 8.02. The highest BCUT2D eigenvalue weighted by Crippen LogP contribution is 2.19. The Kier molecular flexibility index (Phi) is 7.76. The molecule has 3 heteroatoms. The van der Waals surface area contributed by atoms with Crippen LogP contribution >= 0.6 is 0 Å². The van der Waals surface area contributed by atoms with Crippen molar-refractivity contribution >= 4 is 0 Å². The maximum absolute atomic E-state index is 9.45. The van der Waals surface area contributed by atoms with Crippen molar-refractivity contribution in [2.75, 3.05) is 13.2 Å². The van der Waals surface area contributed by atoms with Gasteiger partial charge in [0.2, 0.25) is 0 Å². The van der Waals surface area contributed by atoms with Crippen LogP contribution in [0.2, 0.25) is 0 Å². The minimum absolute atomic E-state index is 0.150. The average molecular weight is 293 g/mol. The van der Waals surface area contributed by atoms with Crippen molar-refractivity contribution in [3.05, 3.63) is 29.8 Å². The Morgan fingerprint density at radius 2 is 1.62 bits per heavy atom. The summed E-state index contributed by atoms with van der Waals surface area (Å²) in [6, 6.07) is 8.60. The van der Waals surface area contributed by atoms with Gasteiger partial charge < -0.3 is 15.2 Å². The summed E-state index contributed by atoms with van der Waals surface area (Å²) >= 11 is 0. The third kappa shape index (κ3) is 6.96. The first-order valence-corrected chi connectivity index (χ1v) is 8.02. The van der Waals surface area contributed by atoms with Gasteiger partial charge in [0, 0.05) is 12.1 Å². The first kappa shape index (κ1) is 18.0. The molecule has 120 valence electrons. The summed E-state index contributed by atoms with van der Waals surface area (Å²) in [6.07, 6.45) is 0.983. The van der Waals surface area contributed by atoms with E-state index in [0.717, 1.165) is 18.8 Å². The summed E-state index contributed by atoms with van der Waals surface area (Å²) in [4.78, 5) is 0. The third-order valence-corrected chi connectivity index (χ3v) is 3.43. The van der Waals surface area contributed by atoms with Gasteiger partial charge in [-0.25, -0.2) is 0 Å². The fourth-order valence-corrected chi connectivity index (χ4v) is 2.33. The highest BCUT2D eigenvalue weighted by atomic mass is 16.5. The molecule has 1 aromatic rings. The van der Waals surface area contributed by atoms with Gasteiger partial charge in [0.15, 0.2) is 0 Å². The first-order chi connectivity index (χ1) is 9.92. The molecule has 0 aliphatic carbocycles. The van der Waals surface area contributed by atoms with Crippen LogP contribution in [0.5, 0.6) is 5.75 Å². The van der Waals surface area contributed by atoms with Gasteiger partial charge in [0.05, 0.1) is 13.2 Å². The predicted octanol–water partition coefficient (Wildman–Crippen LogP) is 3.78. The number of hydrogen-bond acceptors (Lipinski definition) is 3. The lowest BCUT2D eigenvalue weighted by molar-refractivity contribution is 0.215. The zero-order chi connectivity index (χ0) is 15.8. The molecule has 0 amide bonds. The largest absolute Gasteiger partial charge is 0.493 e. The minimum Gasteiger partial charge on any atom is -0.493 e. The SMILES string of the molecule is CC(C)COc1ccc(C(C)NC(CO)CC(C)C)cc1. The van der Waals surface area contributed by atoms with Crippen LogP contribution in [0.1, 0.15) is 52.6 Å². The van der Waals surface area contributed by atoms with Crippen LogP contribution in [-0.2, 0) is 0 Å². The Bertz CT molecular complexity index is 387. The molecule has 0 fully saturated rings. The lowest BCUT2D eigenvalue weighted by atomic mass is 10.0. The lowest BCUT2D eigenvalue weighted by Crippen LogP contribution is -2.35. The van der Waals surface area contributed by atoms with E-state index in [-0.39, 0.29) is 18.7 Å². The normalized spacial score (nSPS) is 14.5. The zero-order valence-electron chi connectivity index (χ0n) is 14.1. The van der Waals surface area contributed by atoms with Crippen molar-refractivity contribution in [2.24, 2.45) is 11.8 Å². The van der Waals surface area contributed by atoms with Crippen molar-refractivity contribution in [3.8, 4) is 5.75 Å². The van der Waals surface area contributed by atoms with E-state index in [1.54, 1.807) is 0 Å². The second-order valence-electron chi connectivity index (χ2n) is 6.67. The molecule has 2 unspecified atom stereocenters. The topological polar surface area (TPSA) is 41.5 Å². The van der Waals surface area contributed by atoms with Gasteiger partial charge in [0.25, 0.3) is 0 Å². The molecule has 21 heavy (non-hydrogen) atoms. The molecule has 0 heterocycles. The van der Waals surface area contributed by atoms with Gasteiger partial charge in [-0.3, -0.25) is 0 Å². The van der Waals surface area contributed by atoms with Crippen LogP contribution < -0.4 is 10.1 Å². The standard InChI is InChI=1S/C18H31NO2/c1-13(2)10-17(11-20)19-15(5)16-6-8-18(9-7-16)21-12-14(3)4/h6-9,13-15,17,19-20H,10-12H2,1-5H3. The number of nitrogens with one attached hydrogen (secondary N) is 1. The predicted molar refractivity (Wildman–Crippen MR) is 88.7 cm³/mol. The smallest absolute Gasteiger partial charge is 0.119 e. The second kappa shape index (κ2) is 9.06. The Hall–Kier alpha value is -1.06. The van der Waals surface area contributed by atoms with Crippen LogP contribution in [0.4, 0.5) is 0 Å². The van der Waals surface area contributed by atoms with Crippen LogP contribution in [-0.4, -0.2) is 24.4 Å². The maximum atomic E-state index is 9.45. The van der Waals surface area contributed by atoms with Gasteiger partial charge >= 0.3 is 0 Å². The molecule has 1 aromatic carbocycles. The van der Waals surface area contributed by atoms with Crippen LogP contribution in [0.25, 0.3) is 0 Å². The molecule has 0 aliphatic heterocycles. The van der Waals surface area contributed by atoms with Gasteiger partial charge in [0.1, 0.15) is 5.75 Å². The van der Waals surface area contributed by atoms with Crippen molar-refractivity contribution in [1.29, 1.82) is 0 Å². The summed E-state index contributed by atoms with van der Waals surface area (Å²) in [5.74, 6) is 2.03. The minimum atomic E-state index is 0.150. The molecule has 2 N–H and O–H groups in total. The molecule has 0 aliphatic rings. The summed E-state index contributed by atoms with van der Waals surface area (Å²) in [5.41, 5.74) is 1.22. The van der Waals surface area contributed by atoms with Crippen LogP contribution in [0.15, 0.2) is 24.3 Å². The molecule has 0 spiro atoms. The van der Waals surface area contributed by atoms with E-state index in [2.05, 4.69) is 52.1 Å². The van der Waals surface area contributed by atoms with E-state index in [1.807, 2.05) is 12.1 Å². The van der Waals surface area contributed by atoms with Crippen LogP contribution in [0, 0.1) is 11.8 Å². The average Bonchev–Trinajstić information content (AvgIpc) is 2.44. The Balaban J connectivity index is 2.55. The molecule has 3 nitrogen and oxygen atoms in total. The highest BCUT2D eigenvalue weighted by molar-refractivity contribution is 5.29. The maximum Gasteiger partial charge on any atom is 0.119 e. The monoisotopic (exact) mass is 293 g/mol. The van der Waals surface area contributed by atoms with Crippen molar-refractivity contribution in [1.82, 2.24) is 5.32 Å². The number of benzene rings is 1. The molecule has 2 atom stereocenters. The van der Waals surface area contributed by atoms with Gasteiger partial charge in [-0.15, -0.1) is 0 Å². The Morgan fingerprint density at radius 3 is 2.10 bits per heavy atom. The number of ether oxygens (including phenoxy) is 1. The molecule has 0 aromatic heterocycles. The van der Waals surface area contributed by atoms with Crippen molar-refractivity contribution in [2.45, 2.75) is 53.1 Å². The van der Waals surface area contributed by atoms with Crippen molar-refractivity contribution < 1.29 is 9.84 Å². The molecule has 0 saturated heterocycles. The number of aliphatic hydroxyl groups excluding tert-OH is 1. The fourth-order valence-electron chi connectivity index (χ4n) is 2.33. The molecular weight excluding hydrogens is 262 g/mol. The van der Waals surface area contributed by atoms with Gasteiger partial charge in [-0.1, -0.05) is 39.8 Å². The summed E-state index contributed by atoms with van der Waals surface area (Å²) in [5, 5.41) is 12.9. The van der Waals surface area contributed by atoms with E-state index < -0.39 is 0 Å². The van der Waals surface area contributed by atoms with Gasteiger partial charge in [-0.05, 0) is 42.9 Å². The molecule has 0 bridgehead atoms. The van der Waals surface area contributed by atoms with E-state index >= 15 is 0 Å². The van der Waals surface area contributed by atoms with E-state index in [4.69, 9.17) is 4.74 Å². The van der Waals surface area contributed by atoms with Crippen molar-refractivity contribution in [3.63, 3.8) is 0 Å². The third-order valence-electron chi connectivity index (χ3n) is 3.43. The van der Waals surface area contributed by atoms with E-state index in [9.17, 15) is 5.11 Å². The second-order valence-corrected chi connectivity index (χ2v) is 6.67.